The third-order valence-corrected chi connectivity index (χ3v) is 7.33. The number of unbranched alkanes of at least 4 members (excludes halogenated alkanes) is 7. The number of allylic oxidation sites excluding steroid dienone is 1. The van der Waals surface area contributed by atoms with Gasteiger partial charge in [-0.25, -0.2) is 4.79 Å². The highest BCUT2D eigenvalue weighted by Crippen LogP contribution is 2.35. The summed E-state index contributed by atoms with van der Waals surface area (Å²) in [5.41, 5.74) is 0. The molecule has 1 heterocycles. The molecule has 0 bridgehead atoms. The van der Waals surface area contributed by atoms with Crippen molar-refractivity contribution in [3.8, 4) is 0 Å². The molecule has 2 atom stereocenters. The number of hydrogen-bond donors (Lipinski definition) is 1. The van der Waals surface area contributed by atoms with Crippen molar-refractivity contribution in [2.45, 2.75) is 71.1 Å². The number of carbonyl (C=O) groups is 1. The van der Waals surface area contributed by atoms with Gasteiger partial charge >= 0.3 is 5.97 Å². The van der Waals surface area contributed by atoms with E-state index < -0.39 is 5.97 Å². The van der Waals surface area contributed by atoms with Crippen LogP contribution >= 0.6 is 23.5 Å². The molecule has 0 aromatic rings. The van der Waals surface area contributed by atoms with Crippen molar-refractivity contribution in [2.24, 2.45) is 11.8 Å². The molecule has 24 heavy (non-hydrogen) atoms. The summed E-state index contributed by atoms with van der Waals surface area (Å²) in [6.45, 7) is 2.28. The van der Waals surface area contributed by atoms with Crippen molar-refractivity contribution in [3.63, 3.8) is 0 Å². The van der Waals surface area contributed by atoms with E-state index in [9.17, 15) is 4.79 Å². The van der Waals surface area contributed by atoms with Crippen LogP contribution in [-0.2, 0) is 4.79 Å². The Bertz CT molecular complexity index is 345. The lowest BCUT2D eigenvalue weighted by Crippen LogP contribution is -2.15. The third kappa shape index (κ3) is 11.5. The minimum atomic E-state index is -0.829. The van der Waals surface area contributed by atoms with Crippen LogP contribution in [0.5, 0.6) is 0 Å². The summed E-state index contributed by atoms with van der Waals surface area (Å²) in [4.78, 5) is 10.4. The second kappa shape index (κ2) is 15.2. The van der Waals surface area contributed by atoms with Gasteiger partial charge in [0.05, 0.1) is 0 Å². The van der Waals surface area contributed by atoms with Crippen molar-refractivity contribution in [2.75, 3.05) is 23.0 Å². The highest BCUT2D eigenvalue weighted by molar-refractivity contribution is 8.00. The van der Waals surface area contributed by atoms with E-state index in [-0.39, 0.29) is 0 Å². The highest BCUT2D eigenvalue weighted by Gasteiger charge is 2.26. The van der Waals surface area contributed by atoms with E-state index >= 15 is 0 Å². The topological polar surface area (TPSA) is 37.3 Å². The molecule has 0 amide bonds. The average Bonchev–Trinajstić information content (AvgIpc) is 3.00. The van der Waals surface area contributed by atoms with Crippen LogP contribution in [0, 0.1) is 11.8 Å². The number of aliphatic carboxylic acids is 1. The molecule has 0 saturated carbocycles. The van der Waals surface area contributed by atoms with Crippen LogP contribution in [0.25, 0.3) is 0 Å². The Morgan fingerprint density at radius 1 is 1.08 bits per heavy atom. The molecule has 0 aromatic heterocycles. The fraction of sp³-hybridized carbons (Fsp3) is 0.850. The number of carboxylic acids is 1. The van der Waals surface area contributed by atoms with E-state index in [1.54, 1.807) is 6.08 Å². The van der Waals surface area contributed by atoms with Crippen LogP contribution in [-0.4, -0.2) is 34.1 Å². The molecular formula is C20H36O2S2. The fourth-order valence-corrected chi connectivity index (χ4v) is 6.21. The first kappa shape index (κ1) is 22.0. The second-order valence-corrected chi connectivity index (χ2v) is 9.15. The Kier molecular flexibility index (Phi) is 13.9. The minimum absolute atomic E-state index is 0.829. The first-order chi connectivity index (χ1) is 11.7. The smallest absolute Gasteiger partial charge is 0.327 e. The summed E-state index contributed by atoms with van der Waals surface area (Å²) >= 11 is 4.31. The van der Waals surface area contributed by atoms with Crippen LogP contribution in [0.2, 0.25) is 0 Å². The molecule has 0 radical (unpaired) electrons. The van der Waals surface area contributed by atoms with E-state index in [1.165, 1.54) is 80.5 Å². The summed E-state index contributed by atoms with van der Waals surface area (Å²) in [6, 6.07) is 0. The normalized spacial score (nSPS) is 20.9. The zero-order chi connectivity index (χ0) is 17.5. The van der Waals surface area contributed by atoms with E-state index in [2.05, 4.69) is 30.4 Å². The van der Waals surface area contributed by atoms with Crippen LogP contribution in [0.3, 0.4) is 0 Å². The highest BCUT2D eigenvalue weighted by atomic mass is 32.2. The molecule has 0 aromatic carbocycles. The lowest BCUT2D eigenvalue weighted by molar-refractivity contribution is -0.131. The molecule has 0 spiro atoms. The van der Waals surface area contributed by atoms with Gasteiger partial charge in [-0.2, -0.15) is 23.5 Å². The summed E-state index contributed by atoms with van der Waals surface area (Å²) in [6.07, 6.45) is 16.1. The van der Waals surface area contributed by atoms with Crippen LogP contribution in [0.4, 0.5) is 0 Å². The monoisotopic (exact) mass is 372 g/mol. The predicted octanol–water partition coefficient (Wildman–Crippen LogP) is 6.26. The first-order valence-electron chi connectivity index (χ1n) is 9.79. The Balaban J connectivity index is 1.99. The molecule has 140 valence electrons. The molecule has 0 aliphatic carbocycles. The van der Waals surface area contributed by atoms with Gasteiger partial charge in [-0.15, -0.1) is 0 Å². The molecule has 2 nitrogen and oxygen atoms in total. The molecule has 2 unspecified atom stereocenters. The van der Waals surface area contributed by atoms with Gasteiger partial charge in [0.2, 0.25) is 0 Å². The lowest BCUT2D eigenvalue weighted by Gasteiger charge is -2.18. The van der Waals surface area contributed by atoms with Crippen molar-refractivity contribution in [1.82, 2.24) is 0 Å². The van der Waals surface area contributed by atoms with Gasteiger partial charge in [-0.05, 0) is 60.5 Å². The van der Waals surface area contributed by atoms with E-state index in [0.29, 0.717) is 0 Å². The Morgan fingerprint density at radius 2 is 1.83 bits per heavy atom. The molecule has 4 heteroatoms. The molecule has 1 saturated heterocycles. The van der Waals surface area contributed by atoms with Crippen LogP contribution < -0.4 is 0 Å². The standard InChI is InChI=1S/C20H36O2S2/c1-2-3-4-5-8-11-14-23-16-19-17-24-15-18(19)12-9-6-7-10-13-20(21)22/h10,13,18-19H,2-9,11-12,14-17H2,1H3,(H,21,22)/b13-10+. The molecule has 1 aliphatic heterocycles. The number of thioether (sulfide) groups is 2. The van der Waals surface area contributed by atoms with Crippen molar-refractivity contribution < 1.29 is 9.90 Å². The van der Waals surface area contributed by atoms with Gasteiger partial charge in [0.1, 0.15) is 0 Å². The van der Waals surface area contributed by atoms with Gasteiger partial charge in [0.15, 0.2) is 0 Å². The zero-order valence-electron chi connectivity index (χ0n) is 15.4. The minimum Gasteiger partial charge on any atom is -0.478 e. The summed E-state index contributed by atoms with van der Waals surface area (Å²) in [5.74, 6) is 6.38. The fourth-order valence-electron chi connectivity index (χ4n) is 3.22. The summed E-state index contributed by atoms with van der Waals surface area (Å²) < 4.78 is 0. The quantitative estimate of drug-likeness (QED) is 0.272. The summed E-state index contributed by atoms with van der Waals surface area (Å²) in [7, 11) is 0. The largest absolute Gasteiger partial charge is 0.478 e. The summed E-state index contributed by atoms with van der Waals surface area (Å²) in [5, 5.41) is 8.56. The molecule has 1 aliphatic rings. The van der Waals surface area contributed by atoms with Gasteiger partial charge in [0, 0.05) is 6.08 Å². The Labute approximate surface area is 157 Å². The van der Waals surface area contributed by atoms with Gasteiger partial charge < -0.3 is 5.11 Å². The zero-order valence-corrected chi connectivity index (χ0v) is 17.0. The Morgan fingerprint density at radius 3 is 2.62 bits per heavy atom. The third-order valence-electron chi connectivity index (χ3n) is 4.76. The molecule has 1 N–H and O–H groups in total. The van der Waals surface area contributed by atoms with E-state index in [1.807, 2.05) is 0 Å². The van der Waals surface area contributed by atoms with E-state index in [0.717, 1.165) is 24.7 Å². The Hall–Kier alpha value is -0.0900. The van der Waals surface area contributed by atoms with Gasteiger partial charge in [-0.3, -0.25) is 0 Å². The average molecular weight is 373 g/mol. The number of hydrogen-bond acceptors (Lipinski definition) is 3. The molecular weight excluding hydrogens is 336 g/mol. The van der Waals surface area contributed by atoms with Crippen molar-refractivity contribution in [1.29, 1.82) is 0 Å². The number of carboxylic acid groups (broad SMARTS) is 1. The van der Waals surface area contributed by atoms with Gasteiger partial charge in [0.25, 0.3) is 0 Å². The maximum atomic E-state index is 10.4. The van der Waals surface area contributed by atoms with Crippen molar-refractivity contribution >= 4 is 29.5 Å². The lowest BCUT2D eigenvalue weighted by atomic mass is 9.92. The second-order valence-electron chi connectivity index (χ2n) is 6.93. The maximum Gasteiger partial charge on any atom is 0.327 e. The van der Waals surface area contributed by atoms with Crippen molar-refractivity contribution in [3.05, 3.63) is 12.2 Å². The SMILES string of the molecule is CCCCCCCCSCC1CSCC1CCCC/C=C/C(=O)O. The molecule has 1 fully saturated rings. The predicted molar refractivity (Wildman–Crippen MR) is 110 cm³/mol. The van der Waals surface area contributed by atoms with Gasteiger partial charge in [-0.1, -0.05) is 51.5 Å². The van der Waals surface area contributed by atoms with E-state index in [4.69, 9.17) is 5.11 Å². The number of rotatable bonds is 15. The molecule has 1 rings (SSSR count). The van der Waals surface area contributed by atoms with Crippen LogP contribution in [0.1, 0.15) is 71.1 Å². The first-order valence-corrected chi connectivity index (χ1v) is 12.1. The van der Waals surface area contributed by atoms with Crippen LogP contribution in [0.15, 0.2) is 12.2 Å². The maximum absolute atomic E-state index is 10.4.